The number of hydrogen-bond acceptors (Lipinski definition) is 4. The third-order valence-corrected chi connectivity index (χ3v) is 3.87. The Kier molecular flexibility index (Phi) is 3.85. The topological polar surface area (TPSA) is 39.9 Å². The Hall–Kier alpha value is -1.57. The van der Waals surface area contributed by atoms with Crippen LogP contribution in [0.1, 0.15) is 16.1 Å². The van der Waals surface area contributed by atoms with E-state index in [0.29, 0.717) is 10.6 Å². The normalized spacial score (nSPS) is 10.1. The molecule has 0 N–H and O–H groups in total. The third kappa shape index (κ3) is 2.63. The van der Waals surface area contributed by atoms with Crippen molar-refractivity contribution >= 4 is 28.6 Å². The predicted molar refractivity (Wildman–Crippen MR) is 75.1 cm³/mol. The monoisotopic (exact) mass is 277 g/mol. The van der Waals surface area contributed by atoms with Crippen LogP contribution in [0.15, 0.2) is 23.7 Å². The van der Waals surface area contributed by atoms with Crippen molar-refractivity contribution in [2.75, 3.05) is 11.9 Å². The number of aromatic nitrogens is 1. The van der Waals surface area contributed by atoms with E-state index in [9.17, 15) is 0 Å². The lowest BCUT2D eigenvalue weighted by Crippen LogP contribution is -2.17. The van der Waals surface area contributed by atoms with Gasteiger partial charge in [0.1, 0.15) is 6.07 Å². The van der Waals surface area contributed by atoms with Crippen molar-refractivity contribution in [2.45, 2.75) is 13.5 Å². The summed E-state index contributed by atoms with van der Waals surface area (Å²) in [6.07, 6.45) is 0. The highest BCUT2D eigenvalue weighted by atomic mass is 35.5. The summed E-state index contributed by atoms with van der Waals surface area (Å²) in [6.45, 7) is 2.72. The summed E-state index contributed by atoms with van der Waals surface area (Å²) in [5, 5.41) is 9.75. The molecule has 18 heavy (non-hydrogen) atoms. The van der Waals surface area contributed by atoms with Crippen LogP contribution < -0.4 is 4.90 Å². The zero-order chi connectivity index (χ0) is 13.1. The van der Waals surface area contributed by atoms with Crippen LogP contribution in [0.2, 0.25) is 5.02 Å². The summed E-state index contributed by atoms with van der Waals surface area (Å²) < 4.78 is 0. The van der Waals surface area contributed by atoms with E-state index >= 15 is 0 Å². The number of anilines is 1. The molecule has 1 heterocycles. The highest BCUT2D eigenvalue weighted by Gasteiger charge is 2.11. The van der Waals surface area contributed by atoms with Crippen molar-refractivity contribution in [3.63, 3.8) is 0 Å². The minimum absolute atomic E-state index is 0.629. The van der Waals surface area contributed by atoms with Crippen LogP contribution in [0.3, 0.4) is 0 Å². The van der Waals surface area contributed by atoms with Gasteiger partial charge in [0.05, 0.1) is 29.0 Å². The maximum absolute atomic E-state index is 9.11. The second-order valence-electron chi connectivity index (χ2n) is 3.99. The molecular formula is C13H12ClN3S. The van der Waals surface area contributed by atoms with E-state index in [0.717, 1.165) is 17.9 Å². The first kappa shape index (κ1) is 12.9. The molecule has 2 aromatic rings. The van der Waals surface area contributed by atoms with E-state index in [1.54, 1.807) is 23.5 Å². The fourth-order valence-electron chi connectivity index (χ4n) is 1.69. The molecule has 0 atom stereocenters. The van der Waals surface area contributed by atoms with Crippen LogP contribution in [0.25, 0.3) is 0 Å². The molecule has 0 radical (unpaired) electrons. The molecular weight excluding hydrogens is 266 g/mol. The quantitative estimate of drug-likeness (QED) is 0.860. The number of aryl methyl sites for hydroxylation is 1. The van der Waals surface area contributed by atoms with Crippen LogP contribution in [0, 0.1) is 18.3 Å². The summed E-state index contributed by atoms with van der Waals surface area (Å²) in [4.78, 5) is 7.44. The molecule has 0 saturated carbocycles. The summed E-state index contributed by atoms with van der Waals surface area (Å²) in [5.74, 6) is 0. The lowest BCUT2D eigenvalue weighted by atomic mass is 10.2. The highest BCUT2D eigenvalue weighted by molar-refractivity contribution is 7.09. The SMILES string of the molecule is Cc1ncsc1CN(C)c1cc(Cl)ccc1C#N. The van der Waals surface area contributed by atoms with Crippen LogP contribution in [0.5, 0.6) is 0 Å². The number of nitriles is 1. The average molecular weight is 278 g/mol. The number of hydrogen-bond donors (Lipinski definition) is 0. The fraction of sp³-hybridized carbons (Fsp3) is 0.231. The molecule has 2 rings (SSSR count). The van der Waals surface area contributed by atoms with Crippen molar-refractivity contribution in [2.24, 2.45) is 0 Å². The summed E-state index contributed by atoms with van der Waals surface area (Å²) in [6, 6.07) is 7.48. The largest absolute Gasteiger partial charge is 0.368 e. The van der Waals surface area contributed by atoms with Crippen molar-refractivity contribution in [1.29, 1.82) is 5.26 Å². The van der Waals surface area contributed by atoms with Crippen molar-refractivity contribution < 1.29 is 0 Å². The van der Waals surface area contributed by atoms with Gasteiger partial charge in [-0.1, -0.05) is 11.6 Å². The van der Waals surface area contributed by atoms with Gasteiger partial charge < -0.3 is 4.90 Å². The standard InChI is InChI=1S/C13H12ClN3S/c1-9-13(18-8-16-9)7-17(2)12-5-11(14)4-3-10(12)6-15/h3-5,8H,7H2,1-2H3. The van der Waals surface area contributed by atoms with E-state index in [1.807, 2.05) is 30.4 Å². The number of thiazole rings is 1. The Bertz CT molecular complexity index is 601. The van der Waals surface area contributed by atoms with E-state index in [1.165, 1.54) is 4.88 Å². The van der Waals surface area contributed by atoms with Crippen LogP contribution >= 0.6 is 22.9 Å². The van der Waals surface area contributed by atoms with Gasteiger partial charge in [-0.05, 0) is 25.1 Å². The molecule has 0 bridgehead atoms. The van der Waals surface area contributed by atoms with Gasteiger partial charge in [-0.25, -0.2) is 4.98 Å². The first-order chi connectivity index (χ1) is 8.61. The Morgan fingerprint density at radius 2 is 2.28 bits per heavy atom. The Morgan fingerprint density at radius 1 is 1.50 bits per heavy atom. The maximum Gasteiger partial charge on any atom is 0.101 e. The van der Waals surface area contributed by atoms with Gasteiger partial charge in [-0.2, -0.15) is 5.26 Å². The summed E-state index contributed by atoms with van der Waals surface area (Å²) >= 11 is 7.61. The molecule has 0 amide bonds. The Labute approximate surface area is 115 Å². The van der Waals surface area contributed by atoms with Crippen molar-refractivity contribution in [1.82, 2.24) is 4.98 Å². The van der Waals surface area contributed by atoms with Gasteiger partial charge >= 0.3 is 0 Å². The highest BCUT2D eigenvalue weighted by Crippen LogP contribution is 2.26. The molecule has 92 valence electrons. The van der Waals surface area contributed by atoms with Crippen LogP contribution in [-0.4, -0.2) is 12.0 Å². The number of nitrogens with zero attached hydrogens (tertiary/aromatic N) is 3. The minimum Gasteiger partial charge on any atom is -0.368 e. The van der Waals surface area contributed by atoms with Crippen molar-refractivity contribution in [3.05, 3.63) is 44.9 Å². The molecule has 1 aromatic carbocycles. The maximum atomic E-state index is 9.11. The Morgan fingerprint density at radius 3 is 2.89 bits per heavy atom. The molecule has 0 spiro atoms. The van der Waals surface area contributed by atoms with E-state index in [2.05, 4.69) is 11.1 Å². The van der Waals surface area contributed by atoms with Crippen molar-refractivity contribution in [3.8, 4) is 6.07 Å². The molecule has 3 nitrogen and oxygen atoms in total. The minimum atomic E-state index is 0.629. The van der Waals surface area contributed by atoms with Gasteiger partial charge in [0.15, 0.2) is 0 Å². The molecule has 0 aliphatic carbocycles. The molecule has 0 aliphatic rings. The Balaban J connectivity index is 2.29. The second-order valence-corrected chi connectivity index (χ2v) is 5.37. The van der Waals surface area contributed by atoms with Crippen LogP contribution in [-0.2, 0) is 6.54 Å². The van der Waals surface area contributed by atoms with Crippen LogP contribution in [0.4, 0.5) is 5.69 Å². The predicted octanol–water partition coefficient (Wildman–Crippen LogP) is 3.61. The first-order valence-corrected chi connectivity index (χ1v) is 6.67. The molecule has 5 heteroatoms. The molecule has 0 fully saturated rings. The number of halogens is 1. The number of rotatable bonds is 3. The zero-order valence-electron chi connectivity index (χ0n) is 10.1. The molecule has 0 saturated heterocycles. The fourth-order valence-corrected chi connectivity index (χ4v) is 2.69. The summed E-state index contributed by atoms with van der Waals surface area (Å²) in [5.41, 5.74) is 4.34. The smallest absolute Gasteiger partial charge is 0.101 e. The van der Waals surface area contributed by atoms with Gasteiger partial charge in [0.2, 0.25) is 0 Å². The lowest BCUT2D eigenvalue weighted by Gasteiger charge is -2.20. The molecule has 0 aliphatic heterocycles. The lowest BCUT2D eigenvalue weighted by molar-refractivity contribution is 0.924. The first-order valence-electron chi connectivity index (χ1n) is 5.41. The van der Waals surface area contributed by atoms with E-state index in [-0.39, 0.29) is 0 Å². The molecule has 1 aromatic heterocycles. The number of benzene rings is 1. The van der Waals surface area contributed by atoms with E-state index < -0.39 is 0 Å². The van der Waals surface area contributed by atoms with Gasteiger partial charge in [-0.3, -0.25) is 0 Å². The second kappa shape index (κ2) is 5.38. The average Bonchev–Trinajstić information content (AvgIpc) is 2.75. The van der Waals surface area contributed by atoms with Gasteiger partial charge in [0, 0.05) is 16.9 Å². The third-order valence-electron chi connectivity index (χ3n) is 2.72. The van der Waals surface area contributed by atoms with E-state index in [4.69, 9.17) is 16.9 Å². The van der Waals surface area contributed by atoms with Gasteiger partial charge in [-0.15, -0.1) is 11.3 Å². The van der Waals surface area contributed by atoms with Gasteiger partial charge in [0.25, 0.3) is 0 Å². The molecule has 0 unspecified atom stereocenters. The zero-order valence-corrected chi connectivity index (χ0v) is 11.7. The summed E-state index contributed by atoms with van der Waals surface area (Å²) in [7, 11) is 1.95.